The molecule has 0 saturated heterocycles. The molecule has 3 heteroatoms. The van der Waals surface area contributed by atoms with Gasteiger partial charge in [-0.15, -0.1) is 0 Å². The molecule has 0 unspecified atom stereocenters. The van der Waals surface area contributed by atoms with Crippen LogP contribution >= 0.6 is 0 Å². The minimum Gasteiger partial charge on any atom is -0.411 e. The number of hydrogen-bond acceptors (Lipinski definition) is 2. The Bertz CT molecular complexity index is 196. The van der Waals surface area contributed by atoms with Crippen molar-refractivity contribution in [1.29, 1.82) is 0 Å². The van der Waals surface area contributed by atoms with Crippen LogP contribution in [0.25, 0.3) is 0 Å². The van der Waals surface area contributed by atoms with E-state index >= 15 is 0 Å². The van der Waals surface area contributed by atoms with Gasteiger partial charge in [0.1, 0.15) is 0 Å². The number of hydrogen-bond donors (Lipinski definition) is 1. The quantitative estimate of drug-likeness (QED) is 0.719. The van der Waals surface area contributed by atoms with Crippen LogP contribution in [0.2, 0.25) is 18.1 Å². The first kappa shape index (κ1) is 12.2. The fourth-order valence-electron chi connectivity index (χ4n) is 1.60. The minimum absolute atomic E-state index is 0.107. The SMILES string of the molecule is CC(C)(C)[Si](C)(C)O[C@@H]1CCC[C@@H]1O. The van der Waals surface area contributed by atoms with Crippen molar-refractivity contribution in [3.05, 3.63) is 0 Å². The summed E-state index contributed by atoms with van der Waals surface area (Å²) in [5.41, 5.74) is 0. The van der Waals surface area contributed by atoms with E-state index in [-0.39, 0.29) is 17.2 Å². The maximum absolute atomic E-state index is 9.72. The molecular formula is C11H24O2Si. The molecule has 1 aliphatic rings. The van der Waals surface area contributed by atoms with E-state index in [2.05, 4.69) is 33.9 Å². The largest absolute Gasteiger partial charge is 0.411 e. The highest BCUT2D eigenvalue weighted by molar-refractivity contribution is 6.74. The van der Waals surface area contributed by atoms with Crippen molar-refractivity contribution in [2.45, 2.75) is 70.4 Å². The van der Waals surface area contributed by atoms with Gasteiger partial charge in [0.15, 0.2) is 8.32 Å². The first-order valence-corrected chi connectivity index (χ1v) is 8.51. The molecule has 1 N–H and O–H groups in total. The first-order valence-electron chi connectivity index (χ1n) is 5.60. The third-order valence-corrected chi connectivity index (χ3v) is 8.17. The summed E-state index contributed by atoms with van der Waals surface area (Å²) < 4.78 is 6.16. The van der Waals surface area contributed by atoms with E-state index in [1.807, 2.05) is 0 Å². The molecule has 2 nitrogen and oxygen atoms in total. The zero-order chi connectivity index (χ0) is 11.0. The van der Waals surface area contributed by atoms with Crippen molar-refractivity contribution in [3.63, 3.8) is 0 Å². The maximum atomic E-state index is 9.72. The van der Waals surface area contributed by atoms with Gasteiger partial charge in [-0.1, -0.05) is 20.8 Å². The van der Waals surface area contributed by atoms with Gasteiger partial charge in [0, 0.05) is 0 Å². The molecule has 0 aromatic heterocycles. The van der Waals surface area contributed by atoms with Crippen LogP contribution in [0.4, 0.5) is 0 Å². The highest BCUT2D eigenvalue weighted by atomic mass is 28.4. The molecule has 14 heavy (non-hydrogen) atoms. The van der Waals surface area contributed by atoms with Gasteiger partial charge in [0.2, 0.25) is 0 Å². The van der Waals surface area contributed by atoms with E-state index in [0.717, 1.165) is 19.3 Å². The van der Waals surface area contributed by atoms with E-state index in [1.54, 1.807) is 0 Å². The van der Waals surface area contributed by atoms with Gasteiger partial charge in [-0.05, 0) is 37.4 Å². The molecule has 0 bridgehead atoms. The normalized spacial score (nSPS) is 29.6. The van der Waals surface area contributed by atoms with Crippen molar-refractivity contribution in [2.75, 3.05) is 0 Å². The Morgan fingerprint density at radius 2 is 1.79 bits per heavy atom. The highest BCUT2D eigenvalue weighted by Gasteiger charge is 2.41. The van der Waals surface area contributed by atoms with Gasteiger partial charge in [-0.25, -0.2) is 0 Å². The van der Waals surface area contributed by atoms with Crippen LogP contribution in [0.3, 0.4) is 0 Å². The molecule has 1 rings (SSSR count). The zero-order valence-corrected chi connectivity index (χ0v) is 11.1. The fraction of sp³-hybridized carbons (Fsp3) is 1.00. The molecule has 0 aliphatic heterocycles. The molecule has 2 atom stereocenters. The Balaban J connectivity index is 2.58. The molecule has 1 saturated carbocycles. The van der Waals surface area contributed by atoms with Crippen molar-refractivity contribution < 1.29 is 9.53 Å². The molecule has 0 amide bonds. The average Bonchev–Trinajstić information content (AvgIpc) is 2.33. The third-order valence-electron chi connectivity index (χ3n) is 3.67. The summed E-state index contributed by atoms with van der Waals surface area (Å²) in [5, 5.41) is 9.96. The second-order valence-corrected chi connectivity index (χ2v) is 10.7. The molecular weight excluding hydrogens is 192 g/mol. The summed E-state index contributed by atoms with van der Waals surface area (Å²) in [6.45, 7) is 11.2. The molecule has 84 valence electrons. The Labute approximate surface area is 88.8 Å². The maximum Gasteiger partial charge on any atom is 0.192 e. The van der Waals surface area contributed by atoms with Crippen molar-refractivity contribution >= 4 is 8.32 Å². The summed E-state index contributed by atoms with van der Waals surface area (Å²) in [7, 11) is -1.67. The average molecular weight is 216 g/mol. The van der Waals surface area contributed by atoms with Gasteiger partial charge in [-0.3, -0.25) is 0 Å². The fourth-order valence-corrected chi connectivity index (χ4v) is 2.98. The second-order valence-electron chi connectivity index (χ2n) is 5.91. The predicted molar refractivity (Wildman–Crippen MR) is 61.9 cm³/mol. The molecule has 0 aromatic carbocycles. The molecule has 1 aliphatic carbocycles. The van der Waals surface area contributed by atoms with Gasteiger partial charge in [0.05, 0.1) is 12.2 Å². The summed E-state index contributed by atoms with van der Waals surface area (Å²) in [5.74, 6) is 0. The van der Waals surface area contributed by atoms with Gasteiger partial charge < -0.3 is 9.53 Å². The van der Waals surface area contributed by atoms with Crippen molar-refractivity contribution in [3.8, 4) is 0 Å². The molecule has 0 aromatic rings. The summed E-state index contributed by atoms with van der Waals surface area (Å²) >= 11 is 0. The topological polar surface area (TPSA) is 29.5 Å². The van der Waals surface area contributed by atoms with Crippen LogP contribution in [-0.4, -0.2) is 25.6 Å². The van der Waals surface area contributed by atoms with Crippen LogP contribution in [0, 0.1) is 0 Å². The highest BCUT2D eigenvalue weighted by Crippen LogP contribution is 2.39. The lowest BCUT2D eigenvalue weighted by Gasteiger charge is -2.39. The summed E-state index contributed by atoms with van der Waals surface area (Å²) in [6.07, 6.45) is 2.95. The van der Waals surface area contributed by atoms with Gasteiger partial charge >= 0.3 is 0 Å². The lowest BCUT2D eigenvalue weighted by Crippen LogP contribution is -2.45. The molecule has 1 fully saturated rings. The van der Waals surface area contributed by atoms with E-state index < -0.39 is 8.32 Å². The van der Waals surface area contributed by atoms with E-state index in [1.165, 1.54) is 0 Å². The Morgan fingerprint density at radius 1 is 1.21 bits per heavy atom. The van der Waals surface area contributed by atoms with Gasteiger partial charge in [-0.2, -0.15) is 0 Å². The van der Waals surface area contributed by atoms with E-state index in [9.17, 15) is 5.11 Å². The van der Waals surface area contributed by atoms with Crippen molar-refractivity contribution in [1.82, 2.24) is 0 Å². The lowest BCUT2D eigenvalue weighted by molar-refractivity contribution is 0.0512. The van der Waals surface area contributed by atoms with Gasteiger partial charge in [0.25, 0.3) is 0 Å². The monoisotopic (exact) mass is 216 g/mol. The summed E-state index contributed by atoms with van der Waals surface area (Å²) in [6, 6.07) is 0. The minimum atomic E-state index is -1.67. The van der Waals surface area contributed by atoms with Crippen LogP contribution in [0.5, 0.6) is 0 Å². The zero-order valence-electron chi connectivity index (χ0n) is 10.1. The molecule has 0 heterocycles. The number of aliphatic hydroxyl groups is 1. The van der Waals surface area contributed by atoms with Crippen LogP contribution in [0.15, 0.2) is 0 Å². The van der Waals surface area contributed by atoms with Crippen LogP contribution in [0.1, 0.15) is 40.0 Å². The van der Waals surface area contributed by atoms with Crippen LogP contribution < -0.4 is 0 Å². The summed E-state index contributed by atoms with van der Waals surface area (Å²) in [4.78, 5) is 0. The molecule has 0 radical (unpaired) electrons. The molecule has 0 spiro atoms. The van der Waals surface area contributed by atoms with Crippen molar-refractivity contribution in [2.24, 2.45) is 0 Å². The predicted octanol–water partition coefficient (Wildman–Crippen LogP) is 2.92. The number of rotatable bonds is 2. The Hall–Kier alpha value is 0.137. The standard InChI is InChI=1S/C11H24O2Si/c1-11(2,3)14(4,5)13-10-8-6-7-9(10)12/h9-10,12H,6-8H2,1-5H3/t9-,10+/m0/s1. The van der Waals surface area contributed by atoms with E-state index in [4.69, 9.17) is 4.43 Å². The van der Waals surface area contributed by atoms with Crippen LogP contribution in [-0.2, 0) is 4.43 Å². The lowest BCUT2D eigenvalue weighted by atomic mass is 10.2. The Kier molecular flexibility index (Phi) is 3.44. The third kappa shape index (κ3) is 2.58. The first-order chi connectivity index (χ1) is 6.24. The number of aliphatic hydroxyl groups excluding tert-OH is 1. The smallest absolute Gasteiger partial charge is 0.192 e. The van der Waals surface area contributed by atoms with E-state index in [0.29, 0.717) is 0 Å². The second kappa shape index (κ2) is 3.95. The Morgan fingerprint density at radius 3 is 2.14 bits per heavy atom.